The lowest BCUT2D eigenvalue weighted by molar-refractivity contribution is -0.141. The van der Waals surface area contributed by atoms with Crippen molar-refractivity contribution in [3.05, 3.63) is 35.4 Å². The van der Waals surface area contributed by atoms with Gasteiger partial charge < -0.3 is 10.5 Å². The van der Waals surface area contributed by atoms with E-state index in [-0.39, 0.29) is 11.4 Å². The molecule has 0 atom stereocenters. The van der Waals surface area contributed by atoms with E-state index in [0.29, 0.717) is 13.0 Å². The SMILES string of the molecule is COC(=O)CC1(CSCc2ccccc2C#CCN)CC1. The molecule has 1 aromatic rings. The largest absolute Gasteiger partial charge is 0.469 e. The average molecular weight is 303 g/mol. The lowest BCUT2D eigenvalue weighted by atomic mass is 10.1. The molecule has 3 nitrogen and oxygen atoms in total. The Morgan fingerprint density at radius 3 is 2.86 bits per heavy atom. The van der Waals surface area contributed by atoms with Gasteiger partial charge in [-0.1, -0.05) is 30.0 Å². The Balaban J connectivity index is 1.88. The van der Waals surface area contributed by atoms with E-state index in [2.05, 4.69) is 17.9 Å². The van der Waals surface area contributed by atoms with E-state index >= 15 is 0 Å². The number of ether oxygens (including phenoxy) is 1. The van der Waals surface area contributed by atoms with E-state index in [1.54, 1.807) is 0 Å². The number of benzene rings is 1. The van der Waals surface area contributed by atoms with Crippen LogP contribution in [0.5, 0.6) is 0 Å². The van der Waals surface area contributed by atoms with Crippen molar-refractivity contribution in [1.82, 2.24) is 0 Å². The molecule has 0 bridgehead atoms. The maximum atomic E-state index is 11.4. The zero-order valence-electron chi connectivity index (χ0n) is 12.4. The van der Waals surface area contributed by atoms with Crippen molar-refractivity contribution in [2.24, 2.45) is 11.1 Å². The smallest absolute Gasteiger partial charge is 0.306 e. The number of methoxy groups -OCH3 is 1. The van der Waals surface area contributed by atoms with Crippen LogP contribution in [0, 0.1) is 17.3 Å². The Morgan fingerprint density at radius 2 is 2.19 bits per heavy atom. The van der Waals surface area contributed by atoms with Crippen LogP contribution in [0.2, 0.25) is 0 Å². The topological polar surface area (TPSA) is 52.3 Å². The van der Waals surface area contributed by atoms with Gasteiger partial charge in [0.2, 0.25) is 0 Å². The summed E-state index contributed by atoms with van der Waals surface area (Å²) in [5.41, 5.74) is 7.89. The molecule has 0 amide bonds. The predicted molar refractivity (Wildman–Crippen MR) is 86.8 cm³/mol. The van der Waals surface area contributed by atoms with Crippen molar-refractivity contribution in [1.29, 1.82) is 0 Å². The minimum Gasteiger partial charge on any atom is -0.469 e. The van der Waals surface area contributed by atoms with Crippen molar-refractivity contribution in [2.75, 3.05) is 19.4 Å². The lowest BCUT2D eigenvalue weighted by Gasteiger charge is -2.13. The van der Waals surface area contributed by atoms with Crippen molar-refractivity contribution < 1.29 is 9.53 Å². The summed E-state index contributed by atoms with van der Waals surface area (Å²) in [7, 11) is 1.46. The Bertz CT molecular complexity index is 555. The average Bonchev–Trinajstić information content (AvgIpc) is 3.25. The van der Waals surface area contributed by atoms with Gasteiger partial charge in [-0.15, -0.1) is 0 Å². The second-order valence-corrected chi connectivity index (χ2v) is 6.39. The number of carbonyl (C=O) groups excluding carboxylic acids is 1. The highest BCUT2D eigenvalue weighted by Crippen LogP contribution is 2.51. The van der Waals surface area contributed by atoms with Crippen molar-refractivity contribution >= 4 is 17.7 Å². The van der Waals surface area contributed by atoms with E-state index in [1.165, 1.54) is 12.7 Å². The standard InChI is InChI=1S/C17H21NO2S/c1-20-16(19)11-17(8-9-17)13-21-12-15-6-3-2-5-14(15)7-4-10-18/h2-3,5-6H,8-13,18H2,1H3. The van der Waals surface area contributed by atoms with Crippen LogP contribution in [0.3, 0.4) is 0 Å². The number of hydrogen-bond donors (Lipinski definition) is 1. The molecule has 112 valence electrons. The zero-order valence-corrected chi connectivity index (χ0v) is 13.2. The van der Waals surface area contributed by atoms with E-state index < -0.39 is 0 Å². The molecule has 2 rings (SSSR count). The Labute approximate surface area is 130 Å². The molecule has 1 fully saturated rings. The van der Waals surface area contributed by atoms with Crippen LogP contribution in [-0.2, 0) is 15.3 Å². The highest BCUT2D eigenvalue weighted by Gasteiger charge is 2.44. The van der Waals surface area contributed by atoms with Crippen LogP contribution >= 0.6 is 11.8 Å². The third-order valence-electron chi connectivity index (χ3n) is 3.71. The van der Waals surface area contributed by atoms with Gasteiger partial charge in [-0.25, -0.2) is 0 Å². The molecule has 0 heterocycles. The van der Waals surface area contributed by atoms with Crippen molar-refractivity contribution in [3.8, 4) is 11.8 Å². The van der Waals surface area contributed by atoms with Crippen molar-refractivity contribution in [2.45, 2.75) is 25.0 Å². The second kappa shape index (κ2) is 7.53. The summed E-state index contributed by atoms with van der Waals surface area (Å²) in [6.07, 6.45) is 2.80. The minimum atomic E-state index is -0.0951. The van der Waals surface area contributed by atoms with Gasteiger partial charge in [-0.3, -0.25) is 4.79 Å². The predicted octanol–water partition coefficient (Wildman–Crippen LogP) is 2.57. The molecule has 0 aromatic heterocycles. The third-order valence-corrected chi connectivity index (χ3v) is 5.04. The fraction of sp³-hybridized carbons (Fsp3) is 0.471. The summed E-state index contributed by atoms with van der Waals surface area (Å²) < 4.78 is 4.78. The van der Waals surface area contributed by atoms with E-state index in [9.17, 15) is 4.79 Å². The summed E-state index contributed by atoms with van der Waals surface area (Å²) >= 11 is 1.87. The Morgan fingerprint density at radius 1 is 1.43 bits per heavy atom. The molecule has 0 aliphatic heterocycles. The minimum absolute atomic E-state index is 0.0951. The first-order chi connectivity index (χ1) is 10.2. The van der Waals surface area contributed by atoms with E-state index in [0.717, 1.165) is 29.9 Å². The summed E-state index contributed by atoms with van der Waals surface area (Å²) in [6.45, 7) is 0.379. The number of nitrogens with two attached hydrogens (primary N) is 1. The molecule has 21 heavy (non-hydrogen) atoms. The summed E-state index contributed by atoms with van der Waals surface area (Å²) in [5, 5.41) is 0. The normalized spacial score (nSPS) is 15.0. The number of carbonyl (C=O) groups is 1. The highest BCUT2D eigenvalue weighted by molar-refractivity contribution is 7.98. The first kappa shape index (κ1) is 15.9. The van der Waals surface area contributed by atoms with Gasteiger partial charge >= 0.3 is 5.97 Å². The quantitative estimate of drug-likeness (QED) is 0.648. The molecule has 0 radical (unpaired) electrons. The number of hydrogen-bond acceptors (Lipinski definition) is 4. The van der Waals surface area contributed by atoms with Gasteiger partial charge in [0, 0.05) is 11.3 Å². The van der Waals surface area contributed by atoms with Gasteiger partial charge in [-0.05, 0) is 35.6 Å². The van der Waals surface area contributed by atoms with Crippen LogP contribution in [0.1, 0.15) is 30.4 Å². The second-order valence-electron chi connectivity index (χ2n) is 5.41. The molecule has 4 heteroatoms. The molecule has 0 saturated heterocycles. The molecule has 0 spiro atoms. The first-order valence-corrected chi connectivity index (χ1v) is 8.26. The fourth-order valence-electron chi connectivity index (χ4n) is 2.22. The maximum Gasteiger partial charge on any atom is 0.306 e. The van der Waals surface area contributed by atoms with Crippen LogP contribution in [0.4, 0.5) is 0 Å². The third kappa shape index (κ3) is 4.80. The molecule has 1 aliphatic carbocycles. The molecule has 1 saturated carbocycles. The first-order valence-electron chi connectivity index (χ1n) is 7.10. The van der Waals surface area contributed by atoms with Gasteiger partial charge in [0.25, 0.3) is 0 Å². The fourth-order valence-corrected chi connectivity index (χ4v) is 3.62. The molecule has 0 unspecified atom stereocenters. The molecule has 2 N–H and O–H groups in total. The van der Waals surface area contributed by atoms with Crippen LogP contribution < -0.4 is 5.73 Å². The summed E-state index contributed by atoms with van der Waals surface area (Å²) in [5.74, 6) is 7.84. The monoisotopic (exact) mass is 303 g/mol. The Kier molecular flexibility index (Phi) is 5.72. The number of thioether (sulfide) groups is 1. The van der Waals surface area contributed by atoms with E-state index in [4.69, 9.17) is 10.5 Å². The van der Waals surface area contributed by atoms with Crippen molar-refractivity contribution in [3.63, 3.8) is 0 Å². The van der Waals surface area contributed by atoms with Crippen LogP contribution in [0.25, 0.3) is 0 Å². The number of esters is 1. The zero-order chi connectivity index (χ0) is 15.1. The van der Waals surface area contributed by atoms with Gasteiger partial charge in [-0.2, -0.15) is 11.8 Å². The summed E-state index contributed by atoms with van der Waals surface area (Å²) in [6, 6.07) is 8.16. The molecular weight excluding hydrogens is 282 g/mol. The van der Waals surface area contributed by atoms with Gasteiger partial charge in [0.1, 0.15) is 0 Å². The van der Waals surface area contributed by atoms with Gasteiger partial charge in [0.15, 0.2) is 0 Å². The molecule has 1 aliphatic rings. The van der Waals surface area contributed by atoms with Gasteiger partial charge in [0.05, 0.1) is 20.1 Å². The Hall–Kier alpha value is -1.44. The summed E-state index contributed by atoms with van der Waals surface area (Å²) in [4.78, 5) is 11.4. The maximum absolute atomic E-state index is 11.4. The van der Waals surface area contributed by atoms with Crippen LogP contribution in [0.15, 0.2) is 24.3 Å². The van der Waals surface area contributed by atoms with E-state index in [1.807, 2.05) is 30.0 Å². The molecule has 1 aromatic carbocycles. The van der Waals surface area contributed by atoms with Crippen LogP contribution in [-0.4, -0.2) is 25.4 Å². The molecular formula is C17H21NO2S. The highest BCUT2D eigenvalue weighted by atomic mass is 32.2. The number of rotatable bonds is 6. The lowest BCUT2D eigenvalue weighted by Crippen LogP contribution is -2.13.